The molecule has 10 heavy (non-hydrogen) atoms. The second-order valence-electron chi connectivity index (χ2n) is 2.64. The van der Waals surface area contributed by atoms with Crippen molar-refractivity contribution in [2.45, 2.75) is 25.5 Å². The van der Waals surface area contributed by atoms with E-state index in [4.69, 9.17) is 16.4 Å². The number of hydrogen-bond acceptors (Lipinski definition) is 2. The van der Waals surface area contributed by atoms with Crippen molar-refractivity contribution in [3.8, 4) is 0 Å². The highest BCUT2D eigenvalue weighted by atomic mass is 16.5. The van der Waals surface area contributed by atoms with Crippen molar-refractivity contribution in [3.05, 3.63) is 11.4 Å². The zero-order valence-corrected chi connectivity index (χ0v) is 6.59. The van der Waals surface area contributed by atoms with E-state index >= 15 is 0 Å². The first-order chi connectivity index (χ1) is 4.58. The maximum atomic E-state index is 8.70. The monoisotopic (exact) mass is 143 g/mol. The lowest BCUT2D eigenvalue weighted by Gasteiger charge is -2.22. The number of nitrogens with zero attached hydrogens (tertiary/aromatic N) is 1. The van der Waals surface area contributed by atoms with Gasteiger partial charge in [0.2, 0.25) is 0 Å². The lowest BCUT2D eigenvalue weighted by molar-refractivity contribution is -0.00293. The van der Waals surface area contributed by atoms with Crippen molar-refractivity contribution in [2.75, 3.05) is 13.7 Å². The molecular weight excluding hydrogens is 130 g/mol. The average molecular weight is 143 g/mol. The van der Waals surface area contributed by atoms with Crippen molar-refractivity contribution in [2.24, 2.45) is 0 Å². The van der Waals surface area contributed by atoms with Crippen LogP contribution in [0.25, 0.3) is 4.85 Å². The third-order valence-electron chi connectivity index (χ3n) is 1.66. The van der Waals surface area contributed by atoms with Crippen LogP contribution in [0.2, 0.25) is 0 Å². The van der Waals surface area contributed by atoms with E-state index in [1.54, 1.807) is 13.8 Å². The predicted molar refractivity (Wildman–Crippen MR) is 38.6 cm³/mol. The van der Waals surface area contributed by atoms with Gasteiger partial charge in [0.1, 0.15) is 12.2 Å². The minimum absolute atomic E-state index is 0.148. The topological polar surface area (TPSA) is 33.8 Å². The van der Waals surface area contributed by atoms with E-state index in [0.717, 1.165) is 0 Å². The summed E-state index contributed by atoms with van der Waals surface area (Å²) in [4.78, 5) is 3.22. The van der Waals surface area contributed by atoms with Crippen LogP contribution in [-0.4, -0.2) is 30.5 Å². The molecule has 1 atom stereocenters. The van der Waals surface area contributed by atoms with Gasteiger partial charge >= 0.3 is 0 Å². The van der Waals surface area contributed by atoms with Crippen LogP contribution in [0.4, 0.5) is 0 Å². The van der Waals surface area contributed by atoms with Crippen molar-refractivity contribution >= 4 is 0 Å². The fourth-order valence-electron chi connectivity index (χ4n) is 0.552. The highest BCUT2D eigenvalue weighted by Crippen LogP contribution is 2.15. The van der Waals surface area contributed by atoms with Crippen molar-refractivity contribution in [1.29, 1.82) is 0 Å². The molecule has 0 fully saturated rings. The van der Waals surface area contributed by atoms with E-state index in [2.05, 4.69) is 4.85 Å². The third-order valence-corrected chi connectivity index (χ3v) is 1.66. The van der Waals surface area contributed by atoms with Gasteiger partial charge in [0.15, 0.2) is 0 Å². The number of ether oxygens (including phenoxy) is 1. The molecule has 3 nitrogen and oxygen atoms in total. The second kappa shape index (κ2) is 3.55. The van der Waals surface area contributed by atoms with Gasteiger partial charge in [-0.25, -0.2) is 6.57 Å². The number of aliphatic hydroxyl groups excluding tert-OH is 1. The van der Waals surface area contributed by atoms with Crippen molar-refractivity contribution < 1.29 is 9.84 Å². The lowest BCUT2D eigenvalue weighted by Crippen LogP contribution is -2.38. The maximum absolute atomic E-state index is 8.70. The maximum Gasteiger partial charge on any atom is 0.274 e. The van der Waals surface area contributed by atoms with Gasteiger partial charge in [0.25, 0.3) is 6.04 Å². The summed E-state index contributed by atoms with van der Waals surface area (Å²) in [6.07, 6.45) is 0. The Morgan fingerprint density at radius 1 is 1.70 bits per heavy atom. The largest absolute Gasteiger partial charge is 0.388 e. The summed E-state index contributed by atoms with van der Waals surface area (Å²) < 4.78 is 5.01. The Kier molecular flexibility index (Phi) is 3.34. The van der Waals surface area contributed by atoms with E-state index in [0.29, 0.717) is 0 Å². The summed E-state index contributed by atoms with van der Waals surface area (Å²) >= 11 is 0. The number of aliphatic hydroxyl groups is 1. The van der Waals surface area contributed by atoms with E-state index in [1.807, 2.05) is 0 Å². The lowest BCUT2D eigenvalue weighted by atomic mass is 10.0. The Balaban J connectivity index is 4.15. The molecular formula is C7H13NO2. The SMILES string of the molecule is [C-]#[N+][C@@H](CO)C(C)(C)OC. The van der Waals surface area contributed by atoms with Crippen molar-refractivity contribution in [3.63, 3.8) is 0 Å². The zero-order chi connectivity index (χ0) is 8.20. The van der Waals surface area contributed by atoms with Gasteiger partial charge in [-0.1, -0.05) is 0 Å². The molecule has 0 aliphatic rings. The van der Waals surface area contributed by atoms with Crippen LogP contribution in [0.1, 0.15) is 13.8 Å². The van der Waals surface area contributed by atoms with Crippen LogP contribution in [0, 0.1) is 6.57 Å². The highest BCUT2D eigenvalue weighted by molar-refractivity contribution is 4.93. The molecule has 1 N–H and O–H groups in total. The normalized spacial score (nSPS) is 14.3. The first-order valence-electron chi connectivity index (χ1n) is 3.11. The summed E-state index contributed by atoms with van der Waals surface area (Å²) in [5, 5.41) is 8.70. The highest BCUT2D eigenvalue weighted by Gasteiger charge is 2.33. The van der Waals surface area contributed by atoms with Crippen LogP contribution in [0.15, 0.2) is 0 Å². The Morgan fingerprint density at radius 2 is 2.20 bits per heavy atom. The molecule has 0 aliphatic carbocycles. The molecule has 0 saturated heterocycles. The van der Waals surface area contributed by atoms with Crippen LogP contribution in [-0.2, 0) is 4.74 Å². The van der Waals surface area contributed by atoms with Crippen LogP contribution in [0.5, 0.6) is 0 Å². The van der Waals surface area contributed by atoms with Gasteiger partial charge in [-0.05, 0) is 13.8 Å². The molecule has 0 heterocycles. The molecule has 3 heteroatoms. The molecule has 0 rings (SSSR count). The van der Waals surface area contributed by atoms with E-state index in [9.17, 15) is 0 Å². The first-order valence-corrected chi connectivity index (χ1v) is 3.11. The van der Waals surface area contributed by atoms with Gasteiger partial charge in [0.05, 0.1) is 0 Å². The molecule has 0 saturated carbocycles. The Hall–Kier alpha value is -0.590. The number of methoxy groups -OCH3 is 1. The van der Waals surface area contributed by atoms with E-state index in [1.165, 1.54) is 7.11 Å². The Morgan fingerprint density at radius 3 is 2.30 bits per heavy atom. The fourth-order valence-corrected chi connectivity index (χ4v) is 0.552. The molecule has 0 bridgehead atoms. The van der Waals surface area contributed by atoms with Gasteiger partial charge in [-0.3, -0.25) is 0 Å². The summed E-state index contributed by atoms with van der Waals surface area (Å²) in [5.41, 5.74) is -0.545. The molecule has 0 radical (unpaired) electrons. The Bertz CT molecular complexity index is 137. The molecule has 0 unspecified atom stereocenters. The van der Waals surface area contributed by atoms with Gasteiger partial charge in [-0.2, -0.15) is 0 Å². The molecule has 0 aromatic heterocycles. The van der Waals surface area contributed by atoms with Crippen LogP contribution in [0.3, 0.4) is 0 Å². The van der Waals surface area contributed by atoms with Gasteiger partial charge in [-0.15, -0.1) is 0 Å². The standard InChI is InChI=1S/C7H13NO2/c1-7(2,10-4)6(5-9)8-3/h6,9H,5H2,1-2,4H3/t6-/m0/s1. The molecule has 0 spiro atoms. The van der Waals surface area contributed by atoms with Crippen molar-refractivity contribution in [1.82, 2.24) is 0 Å². The molecule has 0 amide bonds. The van der Waals surface area contributed by atoms with Gasteiger partial charge < -0.3 is 14.7 Å². The fraction of sp³-hybridized carbons (Fsp3) is 0.857. The number of hydrogen-bond donors (Lipinski definition) is 1. The average Bonchev–Trinajstić information content (AvgIpc) is 1.90. The number of rotatable bonds is 3. The third kappa shape index (κ3) is 1.98. The smallest absolute Gasteiger partial charge is 0.274 e. The molecule has 0 aliphatic heterocycles. The summed E-state index contributed by atoms with van der Waals surface area (Å²) in [6.45, 7) is 10.1. The van der Waals surface area contributed by atoms with E-state index in [-0.39, 0.29) is 6.61 Å². The molecule has 58 valence electrons. The van der Waals surface area contributed by atoms with E-state index < -0.39 is 11.6 Å². The minimum atomic E-state index is -0.545. The molecule has 0 aromatic carbocycles. The van der Waals surface area contributed by atoms with Gasteiger partial charge in [0, 0.05) is 7.11 Å². The zero-order valence-electron chi connectivity index (χ0n) is 6.59. The quantitative estimate of drug-likeness (QED) is 0.590. The second-order valence-corrected chi connectivity index (χ2v) is 2.64. The Labute approximate surface area is 61.4 Å². The minimum Gasteiger partial charge on any atom is -0.388 e. The summed E-state index contributed by atoms with van der Waals surface area (Å²) in [6, 6.07) is -0.461. The predicted octanol–water partition coefficient (Wildman–Crippen LogP) is 0.692. The van der Waals surface area contributed by atoms with Crippen LogP contribution < -0.4 is 0 Å². The summed E-state index contributed by atoms with van der Waals surface area (Å²) in [7, 11) is 1.54. The molecule has 0 aromatic rings. The first kappa shape index (κ1) is 9.41. The summed E-state index contributed by atoms with van der Waals surface area (Å²) in [5.74, 6) is 0. The van der Waals surface area contributed by atoms with Crippen LogP contribution >= 0.6 is 0 Å².